The topological polar surface area (TPSA) is 26.3 Å². The first kappa shape index (κ1) is 12.1. The lowest BCUT2D eigenvalue weighted by Crippen LogP contribution is -2.20. The highest BCUT2D eigenvalue weighted by Gasteiger charge is 2.18. The van der Waals surface area contributed by atoms with Gasteiger partial charge in [0, 0.05) is 5.92 Å². The highest BCUT2D eigenvalue weighted by atomic mass is 16.5. The Labute approximate surface area is 102 Å². The fourth-order valence-corrected chi connectivity index (χ4v) is 2.05. The number of rotatable bonds is 4. The van der Waals surface area contributed by atoms with E-state index >= 15 is 0 Å². The van der Waals surface area contributed by atoms with Gasteiger partial charge in [-0.2, -0.15) is 0 Å². The maximum atomic E-state index is 11.2. The van der Waals surface area contributed by atoms with Crippen LogP contribution in [0.25, 0.3) is 0 Å². The Hall–Kier alpha value is -1.41. The van der Waals surface area contributed by atoms with Gasteiger partial charge in [-0.25, -0.2) is 0 Å². The molecule has 0 saturated carbocycles. The van der Waals surface area contributed by atoms with Crippen LogP contribution in [0.15, 0.2) is 42.5 Å². The summed E-state index contributed by atoms with van der Waals surface area (Å²) in [6.07, 6.45) is 6.02. The third-order valence-corrected chi connectivity index (χ3v) is 3.15. The van der Waals surface area contributed by atoms with Crippen LogP contribution in [0.2, 0.25) is 0 Å². The zero-order chi connectivity index (χ0) is 12.1. The van der Waals surface area contributed by atoms with Crippen LogP contribution < -0.4 is 0 Å². The Morgan fingerprint density at radius 1 is 1.24 bits per heavy atom. The van der Waals surface area contributed by atoms with Gasteiger partial charge in [0.1, 0.15) is 5.78 Å². The van der Waals surface area contributed by atoms with E-state index in [0.717, 1.165) is 12.8 Å². The lowest BCUT2D eigenvalue weighted by molar-refractivity contribution is -0.119. The van der Waals surface area contributed by atoms with Gasteiger partial charge in [-0.05, 0) is 25.3 Å². The molecule has 0 radical (unpaired) electrons. The summed E-state index contributed by atoms with van der Waals surface area (Å²) in [7, 11) is 0. The number of ketones is 1. The maximum absolute atomic E-state index is 11.2. The Kier molecular flexibility index (Phi) is 4.10. The van der Waals surface area contributed by atoms with Gasteiger partial charge in [-0.15, -0.1) is 0 Å². The summed E-state index contributed by atoms with van der Waals surface area (Å²) in [5.74, 6) is 0.356. The molecule has 0 N–H and O–H groups in total. The van der Waals surface area contributed by atoms with Crippen molar-refractivity contribution in [2.45, 2.75) is 32.5 Å². The van der Waals surface area contributed by atoms with E-state index in [0.29, 0.717) is 6.61 Å². The molecule has 1 aliphatic rings. The monoisotopic (exact) mass is 230 g/mol. The van der Waals surface area contributed by atoms with E-state index in [1.54, 1.807) is 6.92 Å². The van der Waals surface area contributed by atoms with E-state index in [-0.39, 0.29) is 17.8 Å². The summed E-state index contributed by atoms with van der Waals surface area (Å²) >= 11 is 0. The normalized spacial score (nSPS) is 23.6. The largest absolute Gasteiger partial charge is 0.369 e. The van der Waals surface area contributed by atoms with Crippen molar-refractivity contribution < 1.29 is 9.53 Å². The Bertz CT molecular complexity index is 395. The van der Waals surface area contributed by atoms with Gasteiger partial charge in [0.15, 0.2) is 0 Å². The third kappa shape index (κ3) is 3.53. The molecule has 0 aromatic heterocycles. The van der Waals surface area contributed by atoms with Gasteiger partial charge < -0.3 is 4.74 Å². The molecular weight excluding hydrogens is 212 g/mol. The molecule has 0 bridgehead atoms. The summed E-state index contributed by atoms with van der Waals surface area (Å²) in [6, 6.07) is 10.2. The van der Waals surface area contributed by atoms with Gasteiger partial charge in [0.05, 0.1) is 12.7 Å². The van der Waals surface area contributed by atoms with Crippen LogP contribution in [0.4, 0.5) is 0 Å². The summed E-state index contributed by atoms with van der Waals surface area (Å²) in [5.41, 5.74) is 1.19. The molecule has 0 heterocycles. The maximum Gasteiger partial charge on any atom is 0.136 e. The number of carbonyl (C=O) groups is 1. The summed E-state index contributed by atoms with van der Waals surface area (Å²) in [6.45, 7) is 2.29. The van der Waals surface area contributed by atoms with Crippen LogP contribution in [0.5, 0.6) is 0 Å². The van der Waals surface area contributed by atoms with Gasteiger partial charge in [0.25, 0.3) is 0 Å². The van der Waals surface area contributed by atoms with E-state index in [4.69, 9.17) is 4.74 Å². The summed E-state index contributed by atoms with van der Waals surface area (Å²) in [5, 5.41) is 0. The molecular formula is C15H18O2. The minimum Gasteiger partial charge on any atom is -0.369 e. The highest BCUT2D eigenvalue weighted by Crippen LogP contribution is 2.21. The second kappa shape index (κ2) is 5.78. The van der Waals surface area contributed by atoms with Crippen molar-refractivity contribution in [3.05, 3.63) is 48.0 Å². The van der Waals surface area contributed by atoms with Crippen LogP contribution in [-0.4, -0.2) is 11.9 Å². The van der Waals surface area contributed by atoms with E-state index in [2.05, 4.69) is 12.1 Å². The number of ether oxygens (including phenoxy) is 1. The number of benzene rings is 1. The Morgan fingerprint density at radius 2 is 2.00 bits per heavy atom. The molecule has 2 atom stereocenters. The second-order valence-electron chi connectivity index (χ2n) is 4.51. The molecule has 2 rings (SSSR count). The standard InChI is InChI=1S/C15H18O2/c1-12(16)14-7-9-15(10-8-14)17-11-13-5-3-2-4-6-13/h2-7,9,14-15H,8,10-11H2,1H3. The Balaban J connectivity index is 1.82. The first-order valence-electron chi connectivity index (χ1n) is 6.10. The van der Waals surface area contributed by atoms with Gasteiger partial charge in [-0.1, -0.05) is 42.5 Å². The fraction of sp³-hybridized carbons (Fsp3) is 0.400. The van der Waals surface area contributed by atoms with Crippen molar-refractivity contribution in [1.82, 2.24) is 0 Å². The number of hydrogen-bond acceptors (Lipinski definition) is 2. The van der Waals surface area contributed by atoms with E-state index in [9.17, 15) is 4.79 Å². The highest BCUT2D eigenvalue weighted by molar-refractivity contribution is 5.80. The predicted molar refractivity (Wildman–Crippen MR) is 67.6 cm³/mol. The molecule has 2 heteroatoms. The molecule has 0 amide bonds. The minimum atomic E-state index is 0.103. The zero-order valence-corrected chi connectivity index (χ0v) is 10.1. The van der Waals surface area contributed by atoms with Crippen LogP contribution in [0.3, 0.4) is 0 Å². The van der Waals surface area contributed by atoms with Gasteiger partial charge in [-0.3, -0.25) is 4.79 Å². The molecule has 1 aromatic rings. The van der Waals surface area contributed by atoms with E-state index in [1.165, 1.54) is 5.56 Å². The lowest BCUT2D eigenvalue weighted by Gasteiger charge is -2.21. The molecule has 90 valence electrons. The molecule has 0 aliphatic heterocycles. The van der Waals surface area contributed by atoms with Crippen LogP contribution in [-0.2, 0) is 16.1 Å². The Morgan fingerprint density at radius 3 is 2.59 bits per heavy atom. The van der Waals surface area contributed by atoms with E-state index in [1.807, 2.05) is 30.4 Å². The molecule has 2 unspecified atom stereocenters. The summed E-state index contributed by atoms with van der Waals surface area (Å²) in [4.78, 5) is 11.2. The van der Waals surface area contributed by atoms with Gasteiger partial charge >= 0.3 is 0 Å². The van der Waals surface area contributed by atoms with Crippen molar-refractivity contribution in [2.24, 2.45) is 5.92 Å². The first-order valence-corrected chi connectivity index (χ1v) is 6.10. The lowest BCUT2D eigenvalue weighted by atomic mass is 9.91. The zero-order valence-electron chi connectivity index (χ0n) is 10.1. The minimum absolute atomic E-state index is 0.103. The molecule has 0 spiro atoms. The molecule has 0 fully saturated rings. The molecule has 1 aromatic carbocycles. The van der Waals surface area contributed by atoms with Crippen molar-refractivity contribution in [1.29, 1.82) is 0 Å². The molecule has 0 saturated heterocycles. The van der Waals surface area contributed by atoms with Crippen LogP contribution in [0.1, 0.15) is 25.3 Å². The summed E-state index contributed by atoms with van der Waals surface area (Å²) < 4.78 is 5.80. The quantitative estimate of drug-likeness (QED) is 0.743. The van der Waals surface area contributed by atoms with Crippen LogP contribution >= 0.6 is 0 Å². The average Bonchev–Trinajstić information content (AvgIpc) is 2.38. The SMILES string of the molecule is CC(=O)C1C=CC(OCc2ccccc2)CC1. The van der Waals surface area contributed by atoms with Crippen molar-refractivity contribution in [3.63, 3.8) is 0 Å². The fourth-order valence-electron chi connectivity index (χ4n) is 2.05. The molecule has 2 nitrogen and oxygen atoms in total. The van der Waals surface area contributed by atoms with Gasteiger partial charge in [0.2, 0.25) is 0 Å². The number of hydrogen-bond donors (Lipinski definition) is 0. The third-order valence-electron chi connectivity index (χ3n) is 3.15. The number of Topliss-reactive ketones (excluding diaryl/α,β-unsaturated/α-hetero) is 1. The van der Waals surface area contributed by atoms with E-state index < -0.39 is 0 Å². The average molecular weight is 230 g/mol. The first-order chi connectivity index (χ1) is 8.25. The predicted octanol–water partition coefficient (Wildman–Crippen LogP) is 3.13. The number of carbonyl (C=O) groups excluding carboxylic acids is 1. The van der Waals surface area contributed by atoms with Crippen molar-refractivity contribution in [2.75, 3.05) is 0 Å². The van der Waals surface area contributed by atoms with Crippen molar-refractivity contribution >= 4 is 5.78 Å². The number of allylic oxidation sites excluding steroid dienone is 1. The van der Waals surface area contributed by atoms with Crippen molar-refractivity contribution in [3.8, 4) is 0 Å². The smallest absolute Gasteiger partial charge is 0.136 e. The molecule has 1 aliphatic carbocycles. The van der Waals surface area contributed by atoms with Crippen LogP contribution in [0, 0.1) is 5.92 Å². The second-order valence-corrected chi connectivity index (χ2v) is 4.51. The molecule has 17 heavy (non-hydrogen) atoms.